The summed E-state index contributed by atoms with van der Waals surface area (Å²) in [5.41, 5.74) is 0.511. The van der Waals surface area contributed by atoms with Crippen LogP contribution in [0, 0.1) is 0 Å². The summed E-state index contributed by atoms with van der Waals surface area (Å²) in [4.78, 5) is 23.1. The summed E-state index contributed by atoms with van der Waals surface area (Å²) in [6.45, 7) is 2.28. The van der Waals surface area contributed by atoms with Gasteiger partial charge in [0.1, 0.15) is 24.2 Å². The first kappa shape index (κ1) is 14.0. The van der Waals surface area contributed by atoms with E-state index in [4.69, 9.17) is 9.84 Å². The fraction of sp³-hybridized carbons (Fsp3) is 0.583. The van der Waals surface area contributed by atoms with Gasteiger partial charge in [0.05, 0.1) is 12.7 Å². The molecule has 0 bridgehead atoms. The lowest BCUT2D eigenvalue weighted by Crippen LogP contribution is -2.25. The average Bonchev–Trinajstić information content (AvgIpc) is 2.99. The van der Waals surface area contributed by atoms with Crippen LogP contribution >= 0.6 is 0 Å². The predicted octanol–water partition coefficient (Wildman–Crippen LogP) is -0.808. The molecular weight excluding hydrogens is 278 g/mol. The number of aliphatic hydroxyl groups excluding tert-OH is 2. The maximum atomic E-state index is 12.2. The van der Waals surface area contributed by atoms with Crippen LogP contribution < -0.4 is 11.0 Å². The monoisotopic (exact) mass is 295 g/mol. The molecule has 1 fully saturated rings. The molecule has 9 nitrogen and oxygen atoms in total. The zero-order valence-corrected chi connectivity index (χ0v) is 11.5. The fourth-order valence-electron chi connectivity index (χ4n) is 2.54. The number of imidazole rings is 1. The second-order valence-corrected chi connectivity index (χ2v) is 4.87. The molecule has 21 heavy (non-hydrogen) atoms. The molecule has 2 aromatic rings. The Kier molecular flexibility index (Phi) is 3.62. The van der Waals surface area contributed by atoms with Crippen LogP contribution in [-0.4, -0.2) is 55.1 Å². The van der Waals surface area contributed by atoms with E-state index < -0.39 is 18.4 Å². The maximum absolute atomic E-state index is 12.2. The van der Waals surface area contributed by atoms with Crippen molar-refractivity contribution in [1.82, 2.24) is 19.5 Å². The Morgan fingerprint density at radius 1 is 1.57 bits per heavy atom. The van der Waals surface area contributed by atoms with Gasteiger partial charge in [0.15, 0.2) is 11.5 Å². The van der Waals surface area contributed by atoms with Crippen molar-refractivity contribution >= 4 is 17.0 Å². The molecule has 9 heteroatoms. The van der Waals surface area contributed by atoms with Crippen LogP contribution in [0.3, 0.4) is 0 Å². The third-order valence-electron chi connectivity index (χ3n) is 3.52. The van der Waals surface area contributed by atoms with Crippen molar-refractivity contribution in [2.45, 2.75) is 31.8 Å². The van der Waals surface area contributed by atoms with E-state index in [0.717, 1.165) is 0 Å². The molecule has 2 unspecified atom stereocenters. The van der Waals surface area contributed by atoms with Crippen LogP contribution in [0.25, 0.3) is 11.2 Å². The quantitative estimate of drug-likeness (QED) is 0.581. The summed E-state index contributed by atoms with van der Waals surface area (Å²) >= 11 is 0. The first-order chi connectivity index (χ1) is 10.2. The second kappa shape index (κ2) is 5.43. The molecule has 1 saturated heterocycles. The Balaban J connectivity index is 2.06. The van der Waals surface area contributed by atoms with Gasteiger partial charge in [-0.1, -0.05) is 0 Å². The molecule has 1 aliphatic rings. The van der Waals surface area contributed by atoms with Gasteiger partial charge in [-0.25, -0.2) is 19.3 Å². The number of rotatable bonds is 4. The molecule has 114 valence electrons. The first-order valence-corrected chi connectivity index (χ1v) is 6.79. The number of anilines is 1. The average molecular weight is 295 g/mol. The van der Waals surface area contributed by atoms with Gasteiger partial charge in [-0.15, -0.1) is 0 Å². The van der Waals surface area contributed by atoms with E-state index in [1.165, 1.54) is 10.9 Å². The Morgan fingerprint density at radius 2 is 2.38 bits per heavy atom. The highest BCUT2D eigenvalue weighted by Gasteiger charge is 2.36. The number of aliphatic hydroxyl groups is 2. The minimum atomic E-state index is -0.813. The van der Waals surface area contributed by atoms with E-state index in [0.29, 0.717) is 23.5 Å². The zero-order valence-electron chi connectivity index (χ0n) is 11.5. The van der Waals surface area contributed by atoms with E-state index >= 15 is 0 Å². The highest BCUT2D eigenvalue weighted by atomic mass is 16.5. The zero-order chi connectivity index (χ0) is 15.0. The Morgan fingerprint density at radius 3 is 3.05 bits per heavy atom. The third-order valence-corrected chi connectivity index (χ3v) is 3.52. The minimum Gasteiger partial charge on any atom is -0.394 e. The van der Waals surface area contributed by atoms with Gasteiger partial charge in [-0.2, -0.15) is 0 Å². The van der Waals surface area contributed by atoms with Gasteiger partial charge in [-0.05, 0) is 6.92 Å². The number of ether oxygens (including phenoxy) is 1. The number of nitrogens with zero attached hydrogens (tertiary/aromatic N) is 3. The van der Waals surface area contributed by atoms with Gasteiger partial charge >= 0.3 is 5.69 Å². The van der Waals surface area contributed by atoms with Gasteiger partial charge in [-0.3, -0.25) is 0 Å². The van der Waals surface area contributed by atoms with E-state index in [1.54, 1.807) is 0 Å². The van der Waals surface area contributed by atoms with Crippen LogP contribution in [0.1, 0.15) is 19.6 Å². The molecule has 0 spiro atoms. The van der Waals surface area contributed by atoms with Crippen LogP contribution in [0.15, 0.2) is 11.1 Å². The lowest BCUT2D eigenvalue weighted by Gasteiger charge is -2.13. The minimum absolute atomic E-state index is 0.221. The normalized spacial score (nSPS) is 25.6. The van der Waals surface area contributed by atoms with Crippen LogP contribution in [0.5, 0.6) is 0 Å². The van der Waals surface area contributed by atoms with Crippen molar-refractivity contribution in [1.29, 1.82) is 0 Å². The van der Waals surface area contributed by atoms with Crippen molar-refractivity contribution in [3.8, 4) is 0 Å². The van der Waals surface area contributed by atoms with Crippen molar-refractivity contribution in [2.75, 3.05) is 18.5 Å². The van der Waals surface area contributed by atoms with Crippen molar-refractivity contribution in [3.05, 3.63) is 16.8 Å². The summed E-state index contributed by atoms with van der Waals surface area (Å²) < 4.78 is 6.86. The standard InChI is InChI=1S/C12H17N5O4/c1-2-13-10-9-11(15-5-14-10)17(12(20)16-9)8-3-6(19)7(4-18)21-8/h5-8,18-19H,2-4H2,1H3,(H,16,20)(H,13,14,15)/t6?,7?,8-/m1/s1. The molecule has 3 rings (SSSR count). The number of H-pyrrole nitrogens is 1. The van der Waals surface area contributed by atoms with Gasteiger partial charge in [0.25, 0.3) is 0 Å². The summed E-state index contributed by atoms with van der Waals surface area (Å²) in [7, 11) is 0. The van der Waals surface area contributed by atoms with E-state index in [2.05, 4.69) is 20.3 Å². The smallest absolute Gasteiger partial charge is 0.329 e. The molecule has 1 aliphatic heterocycles. The van der Waals surface area contributed by atoms with Crippen molar-refractivity contribution in [3.63, 3.8) is 0 Å². The molecule has 2 aromatic heterocycles. The molecule has 3 heterocycles. The molecule has 0 amide bonds. The summed E-state index contributed by atoms with van der Waals surface area (Å²) in [5, 5.41) is 22.0. The topological polar surface area (TPSA) is 125 Å². The SMILES string of the molecule is CCNc1ncnc2c1[nH]c(=O)n2[C@H]1CC(O)C(CO)O1. The fourth-order valence-corrected chi connectivity index (χ4v) is 2.54. The Hall–Kier alpha value is -1.97. The van der Waals surface area contributed by atoms with Crippen molar-refractivity contribution in [2.24, 2.45) is 0 Å². The van der Waals surface area contributed by atoms with E-state index in [9.17, 15) is 9.90 Å². The Bertz CT molecular complexity index is 697. The highest BCUT2D eigenvalue weighted by molar-refractivity contribution is 5.82. The van der Waals surface area contributed by atoms with Crippen LogP contribution in [0.4, 0.5) is 5.82 Å². The van der Waals surface area contributed by atoms with Gasteiger partial charge < -0.3 is 25.3 Å². The number of aromatic amines is 1. The summed E-state index contributed by atoms with van der Waals surface area (Å²) in [6, 6.07) is 0. The Labute approximate surface area is 119 Å². The molecular formula is C12H17N5O4. The highest BCUT2D eigenvalue weighted by Crippen LogP contribution is 2.30. The van der Waals surface area contributed by atoms with E-state index in [1.807, 2.05) is 6.92 Å². The predicted molar refractivity (Wildman–Crippen MR) is 73.9 cm³/mol. The summed E-state index contributed by atoms with van der Waals surface area (Å²) in [6.07, 6.45) is -0.589. The molecule has 0 aliphatic carbocycles. The maximum Gasteiger partial charge on any atom is 0.329 e. The molecule has 0 saturated carbocycles. The number of hydrogen-bond acceptors (Lipinski definition) is 7. The number of hydrogen-bond donors (Lipinski definition) is 4. The molecule has 3 atom stereocenters. The van der Waals surface area contributed by atoms with Gasteiger partial charge in [0.2, 0.25) is 0 Å². The van der Waals surface area contributed by atoms with Crippen LogP contribution in [0.2, 0.25) is 0 Å². The molecule has 4 N–H and O–H groups in total. The molecule has 0 radical (unpaired) electrons. The number of nitrogens with one attached hydrogen (secondary N) is 2. The lowest BCUT2D eigenvalue weighted by atomic mass is 10.2. The number of aromatic nitrogens is 4. The van der Waals surface area contributed by atoms with E-state index in [-0.39, 0.29) is 18.7 Å². The van der Waals surface area contributed by atoms with Gasteiger partial charge in [0, 0.05) is 13.0 Å². The molecule has 0 aromatic carbocycles. The third kappa shape index (κ3) is 2.28. The van der Waals surface area contributed by atoms with Crippen molar-refractivity contribution < 1.29 is 14.9 Å². The largest absolute Gasteiger partial charge is 0.394 e. The first-order valence-electron chi connectivity index (χ1n) is 6.79. The summed E-state index contributed by atoms with van der Waals surface area (Å²) in [5.74, 6) is 0.538. The lowest BCUT2D eigenvalue weighted by molar-refractivity contribution is -0.0441. The number of fused-ring (bicyclic) bond motifs is 1. The van der Waals surface area contributed by atoms with Crippen LogP contribution in [-0.2, 0) is 4.74 Å². The second-order valence-electron chi connectivity index (χ2n) is 4.87.